The molecule has 2 N–H and O–H groups in total. The highest BCUT2D eigenvalue weighted by molar-refractivity contribution is 5.43. The van der Waals surface area contributed by atoms with Crippen LogP contribution in [0.3, 0.4) is 0 Å². The number of hydrogen-bond acceptors (Lipinski definition) is 5. The molecular weight excluding hydrogens is 488 g/mol. The lowest BCUT2D eigenvalue weighted by molar-refractivity contribution is 0.0303. The zero-order valence-corrected chi connectivity index (χ0v) is 22.5. The van der Waals surface area contributed by atoms with E-state index in [0.717, 1.165) is 46.6 Å². The van der Waals surface area contributed by atoms with Crippen LogP contribution >= 0.6 is 0 Å². The molecule has 5 rings (SSSR count). The Bertz CT molecular complexity index is 1250. The monoisotopic (exact) mass is 524 g/mol. The number of aliphatic hydroxyl groups is 2. The van der Waals surface area contributed by atoms with Crippen molar-refractivity contribution in [1.29, 1.82) is 0 Å². The minimum absolute atomic E-state index is 0.264. The molecule has 5 heteroatoms. The van der Waals surface area contributed by atoms with E-state index in [1.807, 2.05) is 72.8 Å². The summed E-state index contributed by atoms with van der Waals surface area (Å²) < 4.78 is 17.2. The molecule has 1 aliphatic rings. The molecule has 1 heterocycles. The van der Waals surface area contributed by atoms with Crippen molar-refractivity contribution in [3.63, 3.8) is 0 Å². The van der Waals surface area contributed by atoms with Gasteiger partial charge in [-0.25, -0.2) is 0 Å². The summed E-state index contributed by atoms with van der Waals surface area (Å²) in [4.78, 5) is 0. The first-order valence-electron chi connectivity index (χ1n) is 13.4. The van der Waals surface area contributed by atoms with Gasteiger partial charge in [-0.1, -0.05) is 84.9 Å². The standard InChI is InChI=1S/C34H36O5/c1-37-31-19-27(15-13-25(31)17-23-9-5-3-6-10-23)33(35)29-21-39-22-30(29)34(36)28-16-14-26(32(20-28)38-2)18-24-11-7-4-8-12-24/h3-16,19-20,29-30,33-36H,17-18,21-22H2,1-2H3/t29-,30-,33+,34+/m0/s1. The third-order valence-corrected chi connectivity index (χ3v) is 7.76. The maximum Gasteiger partial charge on any atom is 0.122 e. The largest absolute Gasteiger partial charge is 0.496 e. The van der Waals surface area contributed by atoms with E-state index in [9.17, 15) is 10.2 Å². The number of hydrogen-bond donors (Lipinski definition) is 2. The van der Waals surface area contributed by atoms with Crippen molar-refractivity contribution in [3.8, 4) is 11.5 Å². The van der Waals surface area contributed by atoms with Gasteiger partial charge in [0.05, 0.1) is 39.6 Å². The first-order chi connectivity index (χ1) is 19.1. The molecule has 0 saturated carbocycles. The molecule has 0 amide bonds. The Morgan fingerprint density at radius 1 is 0.641 bits per heavy atom. The van der Waals surface area contributed by atoms with Crippen LogP contribution in [0.15, 0.2) is 97.1 Å². The molecule has 0 aromatic heterocycles. The van der Waals surface area contributed by atoms with Gasteiger partial charge in [0.1, 0.15) is 11.5 Å². The van der Waals surface area contributed by atoms with Gasteiger partial charge in [0, 0.05) is 24.7 Å². The number of benzene rings is 4. The van der Waals surface area contributed by atoms with Gasteiger partial charge in [-0.2, -0.15) is 0 Å². The average molecular weight is 525 g/mol. The fraction of sp³-hybridized carbons (Fsp3) is 0.294. The second-order valence-corrected chi connectivity index (χ2v) is 10.2. The highest BCUT2D eigenvalue weighted by Crippen LogP contribution is 2.42. The topological polar surface area (TPSA) is 68.2 Å². The molecule has 0 unspecified atom stereocenters. The zero-order valence-electron chi connectivity index (χ0n) is 22.5. The minimum Gasteiger partial charge on any atom is -0.496 e. The van der Waals surface area contributed by atoms with Crippen molar-refractivity contribution in [2.24, 2.45) is 11.8 Å². The summed E-state index contributed by atoms with van der Waals surface area (Å²) in [5.74, 6) is 0.953. The normalized spacial score (nSPS) is 18.5. The van der Waals surface area contributed by atoms with Crippen LogP contribution in [0.1, 0.15) is 45.6 Å². The molecule has 1 aliphatic heterocycles. The molecule has 5 nitrogen and oxygen atoms in total. The van der Waals surface area contributed by atoms with Crippen molar-refractivity contribution < 1.29 is 24.4 Å². The van der Waals surface area contributed by atoms with E-state index in [4.69, 9.17) is 14.2 Å². The van der Waals surface area contributed by atoms with Gasteiger partial charge in [0.15, 0.2) is 0 Å². The Hall–Kier alpha value is -3.64. The van der Waals surface area contributed by atoms with E-state index in [1.54, 1.807) is 14.2 Å². The van der Waals surface area contributed by atoms with E-state index in [-0.39, 0.29) is 11.8 Å². The Morgan fingerprint density at radius 3 is 1.44 bits per heavy atom. The summed E-state index contributed by atoms with van der Waals surface area (Å²) in [6, 6.07) is 32.2. The lowest BCUT2D eigenvalue weighted by Crippen LogP contribution is -2.26. The van der Waals surface area contributed by atoms with Crippen LogP contribution in [0.2, 0.25) is 0 Å². The number of aliphatic hydroxyl groups excluding tert-OH is 2. The lowest BCUT2D eigenvalue weighted by Gasteiger charge is -2.28. The summed E-state index contributed by atoms with van der Waals surface area (Å²) in [5.41, 5.74) is 6.02. The summed E-state index contributed by atoms with van der Waals surface area (Å²) in [6.07, 6.45) is -0.107. The molecule has 0 bridgehead atoms. The second kappa shape index (κ2) is 12.5. The second-order valence-electron chi connectivity index (χ2n) is 10.2. The lowest BCUT2D eigenvalue weighted by atomic mass is 9.81. The molecule has 1 fully saturated rings. The minimum atomic E-state index is -0.800. The maximum atomic E-state index is 11.4. The number of ether oxygens (including phenoxy) is 3. The third-order valence-electron chi connectivity index (χ3n) is 7.76. The molecular formula is C34H36O5. The van der Waals surface area contributed by atoms with Gasteiger partial charge in [0.25, 0.3) is 0 Å². The predicted molar refractivity (Wildman–Crippen MR) is 152 cm³/mol. The Kier molecular flexibility index (Phi) is 8.62. The molecule has 0 aliphatic carbocycles. The van der Waals surface area contributed by atoms with E-state index < -0.39 is 12.2 Å². The van der Waals surface area contributed by atoms with E-state index in [1.165, 1.54) is 11.1 Å². The molecule has 0 spiro atoms. The van der Waals surface area contributed by atoms with Crippen molar-refractivity contribution in [2.45, 2.75) is 25.0 Å². The maximum absolute atomic E-state index is 11.4. The van der Waals surface area contributed by atoms with Crippen LogP contribution in [-0.4, -0.2) is 37.6 Å². The van der Waals surface area contributed by atoms with Crippen LogP contribution in [0.25, 0.3) is 0 Å². The smallest absolute Gasteiger partial charge is 0.122 e. The van der Waals surface area contributed by atoms with Gasteiger partial charge in [-0.15, -0.1) is 0 Å². The summed E-state index contributed by atoms with van der Waals surface area (Å²) in [6.45, 7) is 0.750. The number of methoxy groups -OCH3 is 2. The summed E-state index contributed by atoms with van der Waals surface area (Å²) in [5, 5.41) is 22.8. The number of rotatable bonds is 10. The van der Waals surface area contributed by atoms with Crippen LogP contribution in [0.4, 0.5) is 0 Å². The molecule has 4 aromatic carbocycles. The first kappa shape index (κ1) is 26.9. The van der Waals surface area contributed by atoms with Crippen LogP contribution < -0.4 is 9.47 Å². The predicted octanol–water partition coefficient (Wildman–Crippen LogP) is 5.92. The highest BCUT2D eigenvalue weighted by Gasteiger charge is 2.39. The van der Waals surface area contributed by atoms with Crippen LogP contribution in [0.5, 0.6) is 11.5 Å². The Morgan fingerprint density at radius 2 is 1.05 bits per heavy atom. The van der Waals surface area contributed by atoms with E-state index >= 15 is 0 Å². The summed E-state index contributed by atoms with van der Waals surface area (Å²) >= 11 is 0. The van der Waals surface area contributed by atoms with Crippen molar-refractivity contribution in [3.05, 3.63) is 130 Å². The van der Waals surface area contributed by atoms with Crippen molar-refractivity contribution in [1.82, 2.24) is 0 Å². The average Bonchev–Trinajstić information content (AvgIpc) is 3.48. The van der Waals surface area contributed by atoms with Crippen molar-refractivity contribution >= 4 is 0 Å². The first-order valence-corrected chi connectivity index (χ1v) is 13.4. The van der Waals surface area contributed by atoms with E-state index in [0.29, 0.717) is 13.2 Å². The highest BCUT2D eigenvalue weighted by atomic mass is 16.5. The molecule has 4 aromatic rings. The fourth-order valence-corrected chi connectivity index (χ4v) is 5.55. The third kappa shape index (κ3) is 6.17. The van der Waals surface area contributed by atoms with Gasteiger partial charge >= 0.3 is 0 Å². The zero-order chi connectivity index (χ0) is 27.2. The quantitative estimate of drug-likeness (QED) is 0.270. The van der Waals surface area contributed by atoms with Gasteiger partial charge in [0.2, 0.25) is 0 Å². The van der Waals surface area contributed by atoms with Gasteiger partial charge in [-0.3, -0.25) is 0 Å². The Balaban J connectivity index is 1.33. The molecule has 4 atom stereocenters. The molecule has 39 heavy (non-hydrogen) atoms. The fourth-order valence-electron chi connectivity index (χ4n) is 5.55. The molecule has 202 valence electrons. The SMILES string of the molecule is COc1cc([C@@H](O)[C@H]2COC[C@@H]2[C@H](O)c2ccc(Cc3ccccc3)c(OC)c2)ccc1Cc1ccccc1. The Labute approximate surface area is 230 Å². The van der Waals surface area contributed by atoms with Crippen LogP contribution in [-0.2, 0) is 17.6 Å². The van der Waals surface area contributed by atoms with Crippen LogP contribution in [0, 0.1) is 11.8 Å². The van der Waals surface area contributed by atoms with E-state index in [2.05, 4.69) is 24.3 Å². The molecule has 1 saturated heterocycles. The van der Waals surface area contributed by atoms with Gasteiger partial charge < -0.3 is 24.4 Å². The van der Waals surface area contributed by atoms with Gasteiger partial charge in [-0.05, 0) is 45.5 Å². The summed E-state index contributed by atoms with van der Waals surface area (Å²) in [7, 11) is 3.31. The van der Waals surface area contributed by atoms with Crippen molar-refractivity contribution in [2.75, 3.05) is 27.4 Å². The molecule has 0 radical (unpaired) electrons.